The van der Waals surface area contributed by atoms with Crippen molar-refractivity contribution in [3.8, 4) is 0 Å². The number of carbonyl (C=O) groups is 2. The first-order chi connectivity index (χ1) is 6.52. The van der Waals surface area contributed by atoms with E-state index in [1.165, 1.54) is 6.08 Å². The molecule has 2 amide bonds. The second kappa shape index (κ2) is 6.18. The van der Waals surface area contributed by atoms with Crippen LogP contribution < -0.4 is 5.32 Å². The van der Waals surface area contributed by atoms with Crippen molar-refractivity contribution in [1.82, 2.24) is 10.2 Å². The van der Waals surface area contributed by atoms with Crippen LogP contribution in [-0.4, -0.2) is 36.3 Å². The smallest absolute Gasteiger partial charge is 0.244 e. The van der Waals surface area contributed by atoms with Gasteiger partial charge in [0.05, 0.1) is 0 Å². The summed E-state index contributed by atoms with van der Waals surface area (Å²) in [6, 6.07) is -0.469. The lowest BCUT2D eigenvalue weighted by atomic mass is 10.3. The van der Waals surface area contributed by atoms with Crippen molar-refractivity contribution < 1.29 is 9.59 Å². The van der Waals surface area contributed by atoms with Crippen molar-refractivity contribution in [3.63, 3.8) is 0 Å². The predicted molar refractivity (Wildman–Crippen MR) is 55.7 cm³/mol. The van der Waals surface area contributed by atoms with Crippen LogP contribution in [0.2, 0.25) is 0 Å². The Morgan fingerprint density at radius 2 is 2.07 bits per heavy atom. The van der Waals surface area contributed by atoms with Crippen molar-refractivity contribution >= 4 is 11.8 Å². The number of allylic oxidation sites excluding steroid dienone is 1. The van der Waals surface area contributed by atoms with Crippen LogP contribution >= 0.6 is 0 Å². The maximum absolute atomic E-state index is 11.5. The van der Waals surface area contributed by atoms with Crippen molar-refractivity contribution in [2.45, 2.75) is 26.8 Å². The Hall–Kier alpha value is -1.32. The lowest BCUT2D eigenvalue weighted by Gasteiger charge is -2.19. The van der Waals surface area contributed by atoms with E-state index in [4.69, 9.17) is 0 Å². The Labute approximate surface area is 85.0 Å². The highest BCUT2D eigenvalue weighted by atomic mass is 16.2. The van der Waals surface area contributed by atoms with E-state index in [0.717, 1.165) is 0 Å². The van der Waals surface area contributed by atoms with Gasteiger partial charge >= 0.3 is 0 Å². The highest BCUT2D eigenvalue weighted by Crippen LogP contribution is 1.91. The number of likely N-dealkylation sites (N-methyl/N-ethyl adjacent to an activating group) is 1. The monoisotopic (exact) mass is 198 g/mol. The molecule has 0 aromatic heterocycles. The Bertz CT molecular complexity index is 236. The van der Waals surface area contributed by atoms with Gasteiger partial charge in [0.2, 0.25) is 11.8 Å². The molecule has 0 aliphatic heterocycles. The number of rotatable bonds is 4. The van der Waals surface area contributed by atoms with Crippen LogP contribution in [0, 0.1) is 0 Å². The summed E-state index contributed by atoms with van der Waals surface area (Å²) < 4.78 is 0. The van der Waals surface area contributed by atoms with E-state index in [-0.39, 0.29) is 11.8 Å². The molecule has 0 spiro atoms. The summed E-state index contributed by atoms with van der Waals surface area (Å²) in [6.07, 6.45) is 3.03. The van der Waals surface area contributed by atoms with Crippen molar-refractivity contribution in [2.24, 2.45) is 0 Å². The summed E-state index contributed by atoms with van der Waals surface area (Å²) in [5.41, 5.74) is 0. The Morgan fingerprint density at radius 1 is 1.50 bits per heavy atom. The third kappa shape index (κ3) is 4.07. The summed E-state index contributed by atoms with van der Waals surface area (Å²) in [6.45, 7) is 5.96. The van der Waals surface area contributed by atoms with Crippen LogP contribution in [-0.2, 0) is 9.59 Å². The van der Waals surface area contributed by atoms with Gasteiger partial charge in [-0.1, -0.05) is 6.08 Å². The van der Waals surface area contributed by atoms with Gasteiger partial charge < -0.3 is 10.2 Å². The quantitative estimate of drug-likeness (QED) is 0.670. The molecule has 4 nitrogen and oxygen atoms in total. The first-order valence-electron chi connectivity index (χ1n) is 4.71. The molecular formula is C10H18N2O2. The molecule has 14 heavy (non-hydrogen) atoms. The van der Waals surface area contributed by atoms with Crippen LogP contribution in [0.1, 0.15) is 20.8 Å². The number of hydrogen-bond acceptors (Lipinski definition) is 2. The summed E-state index contributed by atoms with van der Waals surface area (Å²) in [7, 11) is 1.71. The van der Waals surface area contributed by atoms with Gasteiger partial charge in [-0.05, 0) is 26.8 Å². The highest BCUT2D eigenvalue weighted by Gasteiger charge is 2.16. The normalized spacial score (nSPS) is 12.6. The van der Waals surface area contributed by atoms with Crippen LogP contribution in [0.4, 0.5) is 0 Å². The minimum absolute atomic E-state index is 0.0784. The topological polar surface area (TPSA) is 49.4 Å². The van der Waals surface area contributed by atoms with Crippen molar-refractivity contribution in [3.05, 3.63) is 12.2 Å². The minimum Gasteiger partial charge on any atom is -0.344 e. The predicted octanol–water partition coefficient (Wildman–Crippen LogP) is 0.545. The largest absolute Gasteiger partial charge is 0.344 e. The Balaban J connectivity index is 4.14. The lowest BCUT2D eigenvalue weighted by molar-refractivity contribution is -0.133. The summed E-state index contributed by atoms with van der Waals surface area (Å²) >= 11 is 0. The first-order valence-corrected chi connectivity index (χ1v) is 4.71. The molecule has 0 aliphatic carbocycles. The van der Waals surface area contributed by atoms with Gasteiger partial charge in [-0.25, -0.2) is 0 Å². The van der Waals surface area contributed by atoms with Gasteiger partial charge in [0, 0.05) is 13.6 Å². The third-order valence-corrected chi connectivity index (χ3v) is 1.90. The SMILES string of the molecule is C/C=C/C(=O)NC(C)C(=O)N(C)CC. The van der Waals surface area contributed by atoms with E-state index < -0.39 is 6.04 Å². The molecule has 0 aromatic carbocycles. The van der Waals surface area contributed by atoms with E-state index in [0.29, 0.717) is 6.54 Å². The molecule has 0 fully saturated rings. The average Bonchev–Trinajstić information content (AvgIpc) is 2.15. The van der Waals surface area contributed by atoms with E-state index in [9.17, 15) is 9.59 Å². The molecule has 0 aromatic rings. The number of nitrogens with zero attached hydrogens (tertiary/aromatic N) is 1. The first kappa shape index (κ1) is 12.7. The van der Waals surface area contributed by atoms with Gasteiger partial charge in [-0.3, -0.25) is 9.59 Å². The van der Waals surface area contributed by atoms with Crippen LogP contribution in [0.25, 0.3) is 0 Å². The third-order valence-electron chi connectivity index (χ3n) is 1.90. The fourth-order valence-corrected chi connectivity index (χ4v) is 0.961. The van der Waals surface area contributed by atoms with E-state index in [1.807, 2.05) is 6.92 Å². The summed E-state index contributed by atoms with van der Waals surface area (Å²) in [5.74, 6) is -0.316. The zero-order chi connectivity index (χ0) is 11.1. The molecule has 0 saturated heterocycles. The molecule has 1 atom stereocenters. The second-order valence-corrected chi connectivity index (χ2v) is 3.08. The van der Waals surface area contributed by atoms with Crippen LogP contribution in [0.5, 0.6) is 0 Å². The number of hydrogen-bond donors (Lipinski definition) is 1. The molecule has 0 aliphatic rings. The van der Waals surface area contributed by atoms with Gasteiger partial charge in [-0.15, -0.1) is 0 Å². The molecule has 1 N–H and O–H groups in total. The van der Waals surface area contributed by atoms with Crippen LogP contribution in [0.15, 0.2) is 12.2 Å². The molecule has 0 rings (SSSR count). The Kier molecular flexibility index (Phi) is 5.60. The summed E-state index contributed by atoms with van der Waals surface area (Å²) in [4.78, 5) is 24.2. The fraction of sp³-hybridized carbons (Fsp3) is 0.600. The molecule has 0 heterocycles. The molecule has 0 saturated carbocycles. The molecule has 0 radical (unpaired) electrons. The number of nitrogens with one attached hydrogen (secondary N) is 1. The number of carbonyl (C=O) groups excluding carboxylic acids is 2. The Morgan fingerprint density at radius 3 is 2.50 bits per heavy atom. The zero-order valence-electron chi connectivity index (χ0n) is 9.20. The highest BCUT2D eigenvalue weighted by molar-refractivity contribution is 5.92. The molecular weight excluding hydrogens is 180 g/mol. The lowest BCUT2D eigenvalue weighted by Crippen LogP contribution is -2.44. The molecule has 0 bridgehead atoms. The van der Waals surface area contributed by atoms with Crippen LogP contribution in [0.3, 0.4) is 0 Å². The van der Waals surface area contributed by atoms with E-state index in [2.05, 4.69) is 5.32 Å². The standard InChI is InChI=1S/C10H18N2O2/c1-5-7-9(13)11-8(3)10(14)12(4)6-2/h5,7-8H,6H2,1-4H3,(H,11,13)/b7-5+. The maximum Gasteiger partial charge on any atom is 0.244 e. The van der Waals surface area contributed by atoms with E-state index in [1.54, 1.807) is 31.9 Å². The maximum atomic E-state index is 11.5. The number of amides is 2. The minimum atomic E-state index is -0.469. The van der Waals surface area contributed by atoms with Crippen molar-refractivity contribution in [1.29, 1.82) is 0 Å². The average molecular weight is 198 g/mol. The van der Waals surface area contributed by atoms with Gasteiger partial charge in [-0.2, -0.15) is 0 Å². The summed E-state index contributed by atoms with van der Waals surface area (Å²) in [5, 5.41) is 2.58. The van der Waals surface area contributed by atoms with E-state index >= 15 is 0 Å². The fourth-order valence-electron chi connectivity index (χ4n) is 0.961. The van der Waals surface area contributed by atoms with Gasteiger partial charge in [0.25, 0.3) is 0 Å². The van der Waals surface area contributed by atoms with Gasteiger partial charge in [0.15, 0.2) is 0 Å². The second-order valence-electron chi connectivity index (χ2n) is 3.08. The zero-order valence-corrected chi connectivity index (χ0v) is 9.20. The molecule has 1 unspecified atom stereocenters. The molecule has 80 valence electrons. The van der Waals surface area contributed by atoms with Gasteiger partial charge in [0.1, 0.15) is 6.04 Å². The van der Waals surface area contributed by atoms with Crippen molar-refractivity contribution in [2.75, 3.05) is 13.6 Å². The molecule has 4 heteroatoms.